The lowest BCUT2D eigenvalue weighted by atomic mass is 10.2. The highest BCUT2D eigenvalue weighted by Gasteiger charge is 2.52. The molecular weight excluding hydrogens is 328 g/mol. The van der Waals surface area contributed by atoms with Gasteiger partial charge in [-0.2, -0.15) is 0 Å². The molecule has 0 spiro atoms. The average molecular weight is 357 g/mol. The van der Waals surface area contributed by atoms with Crippen LogP contribution >= 0.6 is 0 Å². The zero-order valence-electron chi connectivity index (χ0n) is 15.4. The molecule has 4 heteroatoms. The molecule has 0 fully saturated rings. The number of aliphatic hydroxyl groups is 1. The van der Waals surface area contributed by atoms with E-state index in [9.17, 15) is 4.79 Å². The molecule has 0 unspecified atom stereocenters. The normalized spacial score (nSPS) is 12.0. The van der Waals surface area contributed by atoms with Gasteiger partial charge in [0.2, 0.25) is 0 Å². The zero-order valence-corrected chi connectivity index (χ0v) is 16.4. The Labute approximate surface area is 151 Å². The Morgan fingerprint density at radius 2 is 1.40 bits per heavy atom. The maximum Gasteiger partial charge on any atom is 0.323 e. The van der Waals surface area contributed by atoms with Crippen LogP contribution in [0.3, 0.4) is 0 Å². The molecule has 0 saturated carbocycles. The van der Waals surface area contributed by atoms with Crippen molar-refractivity contribution >= 4 is 24.7 Å². The summed E-state index contributed by atoms with van der Waals surface area (Å²) >= 11 is 0. The van der Waals surface area contributed by atoms with Crippen molar-refractivity contribution < 1.29 is 14.3 Å². The van der Waals surface area contributed by atoms with E-state index >= 15 is 0 Å². The third-order valence-electron chi connectivity index (χ3n) is 4.47. The molecule has 0 saturated heterocycles. The molecule has 0 aliphatic rings. The second kappa shape index (κ2) is 8.45. The van der Waals surface area contributed by atoms with Crippen LogP contribution in [0, 0.1) is 0 Å². The van der Waals surface area contributed by atoms with E-state index in [1.165, 1.54) is 0 Å². The number of hydrogen-bond acceptors (Lipinski definition) is 3. The minimum atomic E-state index is -2.78. The molecule has 2 aromatic rings. The van der Waals surface area contributed by atoms with Crippen LogP contribution in [0.25, 0.3) is 0 Å². The van der Waals surface area contributed by atoms with Crippen molar-refractivity contribution in [2.24, 2.45) is 0 Å². The number of hydrogen-bond donors (Lipinski definition) is 1. The molecule has 0 aliphatic carbocycles. The van der Waals surface area contributed by atoms with Crippen molar-refractivity contribution in [2.75, 3.05) is 6.61 Å². The molecule has 2 rings (SSSR count). The van der Waals surface area contributed by atoms with Gasteiger partial charge in [-0.05, 0) is 28.3 Å². The topological polar surface area (TPSA) is 46.5 Å². The minimum absolute atomic E-state index is 0.104. The standard InChI is InChI=1S/C21H28O3Si/c1-21(2,3)25(18-12-6-4-7-13-18,19-14-8-5-9-15-19)24-20(23)16-10-11-17-22/h4-9,12-15,22H,10-11,16-17H2,1-3H3. The Hall–Kier alpha value is -1.91. The van der Waals surface area contributed by atoms with Gasteiger partial charge in [0.05, 0.1) is 0 Å². The summed E-state index contributed by atoms with van der Waals surface area (Å²) in [7, 11) is -2.78. The van der Waals surface area contributed by atoms with E-state index in [0.717, 1.165) is 10.4 Å². The third-order valence-corrected chi connectivity index (χ3v) is 9.41. The van der Waals surface area contributed by atoms with E-state index in [1.807, 2.05) is 36.4 Å². The third kappa shape index (κ3) is 4.38. The molecular formula is C21H28O3Si. The monoisotopic (exact) mass is 356 g/mol. The Kier molecular flexibility index (Phi) is 6.56. The number of carbonyl (C=O) groups is 1. The Morgan fingerprint density at radius 1 is 0.920 bits per heavy atom. The SMILES string of the molecule is CC(C)(C)[Si](OC(=O)CCCCO)(c1ccccc1)c1ccccc1. The molecule has 25 heavy (non-hydrogen) atoms. The molecule has 0 radical (unpaired) electrons. The Balaban J connectivity index is 2.51. The van der Waals surface area contributed by atoms with Crippen molar-refractivity contribution in [1.82, 2.24) is 0 Å². The summed E-state index contributed by atoms with van der Waals surface area (Å²) in [6.45, 7) is 6.56. The first kappa shape index (κ1) is 19.4. The lowest BCUT2D eigenvalue weighted by molar-refractivity contribution is -0.135. The molecule has 0 atom stereocenters. The Morgan fingerprint density at radius 3 is 1.80 bits per heavy atom. The average Bonchev–Trinajstić information content (AvgIpc) is 2.60. The van der Waals surface area contributed by atoms with E-state index in [0.29, 0.717) is 19.3 Å². The fourth-order valence-electron chi connectivity index (χ4n) is 3.25. The summed E-state index contributed by atoms with van der Waals surface area (Å²) in [5.74, 6) is -0.178. The fraction of sp³-hybridized carbons (Fsp3) is 0.381. The molecule has 2 aromatic carbocycles. The molecule has 1 N–H and O–H groups in total. The van der Waals surface area contributed by atoms with Crippen molar-refractivity contribution in [2.45, 2.75) is 45.1 Å². The maximum atomic E-state index is 12.7. The number of benzene rings is 2. The predicted molar refractivity (Wildman–Crippen MR) is 105 cm³/mol. The molecule has 0 amide bonds. The Bertz CT molecular complexity index is 623. The zero-order chi connectivity index (χ0) is 18.3. The van der Waals surface area contributed by atoms with Gasteiger partial charge in [0.15, 0.2) is 0 Å². The predicted octanol–water partition coefficient (Wildman–Crippen LogP) is 3.25. The highest BCUT2D eigenvalue weighted by atomic mass is 28.4. The van der Waals surface area contributed by atoms with E-state index in [1.54, 1.807) is 0 Å². The van der Waals surface area contributed by atoms with Gasteiger partial charge < -0.3 is 9.53 Å². The lowest BCUT2D eigenvalue weighted by Crippen LogP contribution is -2.67. The van der Waals surface area contributed by atoms with E-state index in [4.69, 9.17) is 9.53 Å². The highest BCUT2D eigenvalue weighted by molar-refractivity contribution is 7.00. The molecule has 0 heterocycles. The van der Waals surface area contributed by atoms with Crippen molar-refractivity contribution in [3.8, 4) is 0 Å². The van der Waals surface area contributed by atoms with E-state index in [-0.39, 0.29) is 17.6 Å². The van der Waals surface area contributed by atoms with Gasteiger partial charge in [0.1, 0.15) is 0 Å². The first-order chi connectivity index (χ1) is 11.9. The van der Waals surface area contributed by atoms with Crippen molar-refractivity contribution in [3.63, 3.8) is 0 Å². The summed E-state index contributed by atoms with van der Waals surface area (Å²) in [5.41, 5.74) is 0. The van der Waals surface area contributed by atoms with Gasteiger partial charge in [-0.1, -0.05) is 81.4 Å². The molecule has 134 valence electrons. The largest absolute Gasteiger partial charge is 0.510 e. The smallest absolute Gasteiger partial charge is 0.323 e. The van der Waals surface area contributed by atoms with Gasteiger partial charge in [-0.15, -0.1) is 0 Å². The van der Waals surface area contributed by atoms with Gasteiger partial charge in [0, 0.05) is 13.0 Å². The number of unbranched alkanes of at least 4 members (excludes halogenated alkanes) is 1. The van der Waals surface area contributed by atoms with Gasteiger partial charge in [0.25, 0.3) is 5.97 Å². The number of carbonyl (C=O) groups excluding carboxylic acids is 1. The second-order valence-corrected chi connectivity index (χ2v) is 11.5. The molecule has 0 bridgehead atoms. The van der Waals surface area contributed by atoms with Crippen molar-refractivity contribution in [1.29, 1.82) is 0 Å². The maximum absolute atomic E-state index is 12.7. The van der Waals surface area contributed by atoms with Gasteiger partial charge in [-0.3, -0.25) is 4.79 Å². The first-order valence-electron chi connectivity index (χ1n) is 8.85. The minimum Gasteiger partial charge on any atom is -0.510 e. The molecule has 3 nitrogen and oxygen atoms in total. The van der Waals surface area contributed by atoms with Crippen LogP contribution in [-0.2, 0) is 9.22 Å². The van der Waals surface area contributed by atoms with Crippen LogP contribution in [0.2, 0.25) is 5.04 Å². The van der Waals surface area contributed by atoms with Gasteiger partial charge in [-0.25, -0.2) is 0 Å². The summed E-state index contributed by atoms with van der Waals surface area (Å²) < 4.78 is 6.34. The first-order valence-corrected chi connectivity index (χ1v) is 10.8. The van der Waals surface area contributed by atoms with Crippen LogP contribution in [-0.4, -0.2) is 26.0 Å². The second-order valence-electron chi connectivity index (χ2n) is 7.32. The highest BCUT2D eigenvalue weighted by Crippen LogP contribution is 2.37. The van der Waals surface area contributed by atoms with E-state index in [2.05, 4.69) is 45.0 Å². The molecule has 0 aliphatic heterocycles. The van der Waals surface area contributed by atoms with E-state index < -0.39 is 8.32 Å². The quantitative estimate of drug-likeness (QED) is 0.612. The summed E-state index contributed by atoms with van der Waals surface area (Å²) in [5, 5.41) is 10.9. The van der Waals surface area contributed by atoms with Crippen LogP contribution in [0.4, 0.5) is 0 Å². The summed E-state index contributed by atoms with van der Waals surface area (Å²) in [4.78, 5) is 12.7. The van der Waals surface area contributed by atoms with Crippen LogP contribution in [0.5, 0.6) is 0 Å². The molecule has 0 aromatic heterocycles. The number of rotatable bonds is 7. The van der Waals surface area contributed by atoms with Crippen LogP contribution in [0.15, 0.2) is 60.7 Å². The lowest BCUT2D eigenvalue weighted by Gasteiger charge is -2.42. The van der Waals surface area contributed by atoms with Gasteiger partial charge >= 0.3 is 8.32 Å². The number of aliphatic hydroxyl groups excluding tert-OH is 1. The fourth-order valence-corrected chi connectivity index (χ4v) is 7.63. The summed E-state index contributed by atoms with van der Waals surface area (Å²) in [6, 6.07) is 20.3. The van der Waals surface area contributed by atoms with Crippen molar-refractivity contribution in [3.05, 3.63) is 60.7 Å². The van der Waals surface area contributed by atoms with Crippen LogP contribution < -0.4 is 10.4 Å². The summed E-state index contributed by atoms with van der Waals surface area (Å²) in [6.07, 6.45) is 1.61. The van der Waals surface area contributed by atoms with Crippen LogP contribution in [0.1, 0.15) is 40.0 Å².